The Morgan fingerprint density at radius 1 is 1.45 bits per heavy atom. The van der Waals surface area contributed by atoms with Crippen LogP contribution in [0.3, 0.4) is 0 Å². The van der Waals surface area contributed by atoms with Gasteiger partial charge in [-0.3, -0.25) is 4.79 Å². The lowest BCUT2D eigenvalue weighted by atomic mass is 10.1. The maximum absolute atomic E-state index is 11.8. The minimum Gasteiger partial charge on any atom is -0.360 e. The fourth-order valence-corrected chi connectivity index (χ4v) is 2.24. The molecule has 0 aliphatic rings. The fourth-order valence-electron chi connectivity index (χ4n) is 1.51. The second-order valence-electron chi connectivity index (χ2n) is 4.54. The van der Waals surface area contributed by atoms with E-state index in [0.717, 1.165) is 16.5 Å². The molecule has 0 bridgehead atoms. The number of nitrogens with one attached hydrogen (secondary N) is 1. The van der Waals surface area contributed by atoms with Gasteiger partial charge in [0.05, 0.1) is 5.03 Å². The van der Waals surface area contributed by atoms with Gasteiger partial charge in [-0.1, -0.05) is 25.1 Å². The molecule has 20 heavy (non-hydrogen) atoms. The highest BCUT2D eigenvalue weighted by Gasteiger charge is 2.13. The van der Waals surface area contributed by atoms with Crippen molar-refractivity contribution in [3.63, 3.8) is 0 Å². The van der Waals surface area contributed by atoms with Crippen LogP contribution in [0, 0.1) is 0 Å². The number of hydrogen-bond acceptors (Lipinski definition) is 5. The van der Waals surface area contributed by atoms with Crippen molar-refractivity contribution in [1.82, 2.24) is 15.5 Å². The minimum atomic E-state index is -0.206. The molecular weight excluding hydrogens is 274 g/mol. The number of carbonyl (C=O) groups excluding carboxylic acids is 1. The van der Waals surface area contributed by atoms with E-state index in [0.29, 0.717) is 12.2 Å². The van der Waals surface area contributed by atoms with Crippen LogP contribution in [0.1, 0.15) is 36.0 Å². The molecule has 0 saturated carbocycles. The molecule has 0 aliphatic heterocycles. The summed E-state index contributed by atoms with van der Waals surface area (Å²) >= 11 is 1.60. The minimum absolute atomic E-state index is 0.206. The molecule has 2 heterocycles. The Morgan fingerprint density at radius 2 is 2.30 bits per heavy atom. The van der Waals surface area contributed by atoms with Crippen LogP contribution >= 0.6 is 11.8 Å². The zero-order valence-electron chi connectivity index (χ0n) is 11.5. The molecule has 0 unspecified atom stereocenters. The van der Waals surface area contributed by atoms with Crippen molar-refractivity contribution < 1.29 is 9.32 Å². The van der Waals surface area contributed by atoms with Gasteiger partial charge in [-0.2, -0.15) is 0 Å². The molecule has 0 aliphatic carbocycles. The first-order valence-electron chi connectivity index (χ1n) is 6.45. The summed E-state index contributed by atoms with van der Waals surface area (Å²) in [5.41, 5.74) is 0.330. The van der Waals surface area contributed by atoms with Crippen molar-refractivity contribution in [1.29, 1.82) is 0 Å². The second kappa shape index (κ2) is 7.09. The standard InChI is InChI=1S/C14H17N3O2S/c1-10(2)12-9-11(17-19-12)14(18)16-7-8-20-13-5-3-4-6-15-13/h3-6,9-10H,7-8H2,1-2H3,(H,16,18). The van der Waals surface area contributed by atoms with Gasteiger partial charge < -0.3 is 9.84 Å². The summed E-state index contributed by atoms with van der Waals surface area (Å²) in [5.74, 6) is 1.50. The van der Waals surface area contributed by atoms with Crippen molar-refractivity contribution in [3.8, 4) is 0 Å². The van der Waals surface area contributed by atoms with E-state index < -0.39 is 0 Å². The number of aromatic nitrogens is 2. The average molecular weight is 291 g/mol. The third kappa shape index (κ3) is 4.09. The van der Waals surface area contributed by atoms with Crippen LogP contribution in [0.4, 0.5) is 0 Å². The Balaban J connectivity index is 1.75. The molecule has 2 rings (SSSR count). The summed E-state index contributed by atoms with van der Waals surface area (Å²) in [7, 11) is 0. The van der Waals surface area contributed by atoms with Gasteiger partial charge in [0.25, 0.3) is 5.91 Å². The number of nitrogens with zero attached hydrogens (tertiary/aromatic N) is 2. The van der Waals surface area contributed by atoms with Crippen molar-refractivity contribution in [2.45, 2.75) is 24.8 Å². The molecule has 2 aromatic heterocycles. The Bertz CT molecular complexity index is 555. The van der Waals surface area contributed by atoms with E-state index in [4.69, 9.17) is 4.52 Å². The number of carbonyl (C=O) groups is 1. The summed E-state index contributed by atoms with van der Waals surface area (Å²) in [6, 6.07) is 7.45. The van der Waals surface area contributed by atoms with Crippen molar-refractivity contribution in [2.75, 3.05) is 12.3 Å². The quantitative estimate of drug-likeness (QED) is 0.654. The van der Waals surface area contributed by atoms with Crippen LogP contribution in [0.2, 0.25) is 0 Å². The van der Waals surface area contributed by atoms with Crippen molar-refractivity contribution in [2.24, 2.45) is 0 Å². The summed E-state index contributed by atoms with van der Waals surface area (Å²) in [5, 5.41) is 7.53. The van der Waals surface area contributed by atoms with Crippen LogP contribution in [0.5, 0.6) is 0 Å². The first kappa shape index (κ1) is 14.6. The van der Waals surface area contributed by atoms with E-state index in [1.807, 2.05) is 32.0 Å². The van der Waals surface area contributed by atoms with Gasteiger partial charge in [0.1, 0.15) is 5.76 Å². The maximum atomic E-state index is 11.8. The van der Waals surface area contributed by atoms with E-state index >= 15 is 0 Å². The number of hydrogen-bond donors (Lipinski definition) is 1. The van der Waals surface area contributed by atoms with E-state index in [1.54, 1.807) is 24.0 Å². The highest BCUT2D eigenvalue weighted by atomic mass is 32.2. The molecule has 1 N–H and O–H groups in total. The number of amides is 1. The summed E-state index contributed by atoms with van der Waals surface area (Å²) < 4.78 is 5.10. The zero-order chi connectivity index (χ0) is 14.4. The molecule has 0 aromatic carbocycles. The van der Waals surface area contributed by atoms with Crippen molar-refractivity contribution in [3.05, 3.63) is 41.9 Å². The van der Waals surface area contributed by atoms with Crippen LogP contribution in [-0.4, -0.2) is 28.3 Å². The third-order valence-electron chi connectivity index (χ3n) is 2.61. The van der Waals surface area contributed by atoms with Gasteiger partial charge in [0.15, 0.2) is 5.69 Å². The van der Waals surface area contributed by atoms with Gasteiger partial charge in [0.2, 0.25) is 0 Å². The zero-order valence-corrected chi connectivity index (χ0v) is 12.3. The van der Waals surface area contributed by atoms with Gasteiger partial charge in [-0.25, -0.2) is 4.98 Å². The molecule has 2 aromatic rings. The molecule has 5 nitrogen and oxygen atoms in total. The van der Waals surface area contributed by atoms with Gasteiger partial charge in [-0.15, -0.1) is 11.8 Å². The fraction of sp³-hybridized carbons (Fsp3) is 0.357. The molecule has 0 atom stereocenters. The normalized spacial score (nSPS) is 10.8. The van der Waals surface area contributed by atoms with Crippen LogP contribution in [0.25, 0.3) is 0 Å². The molecular formula is C14H17N3O2S. The molecule has 0 fully saturated rings. The Hall–Kier alpha value is -1.82. The molecule has 6 heteroatoms. The summed E-state index contributed by atoms with van der Waals surface area (Å²) in [6.07, 6.45) is 1.75. The Labute approximate surface area is 122 Å². The largest absolute Gasteiger partial charge is 0.360 e. The number of pyridine rings is 1. The Kier molecular flexibility index (Phi) is 5.17. The van der Waals surface area contributed by atoms with Crippen LogP contribution in [-0.2, 0) is 0 Å². The second-order valence-corrected chi connectivity index (χ2v) is 5.66. The molecule has 106 valence electrons. The van der Waals surface area contributed by atoms with Crippen LogP contribution < -0.4 is 5.32 Å². The molecule has 0 saturated heterocycles. The number of thioether (sulfide) groups is 1. The van der Waals surface area contributed by atoms with Gasteiger partial charge >= 0.3 is 0 Å². The van der Waals surface area contributed by atoms with E-state index in [-0.39, 0.29) is 11.8 Å². The smallest absolute Gasteiger partial charge is 0.273 e. The molecule has 1 amide bonds. The topological polar surface area (TPSA) is 68.0 Å². The van der Waals surface area contributed by atoms with Gasteiger partial charge in [0, 0.05) is 30.5 Å². The third-order valence-corrected chi connectivity index (χ3v) is 3.55. The summed E-state index contributed by atoms with van der Waals surface area (Å²) in [6.45, 7) is 4.54. The van der Waals surface area contributed by atoms with Crippen LogP contribution in [0.15, 0.2) is 40.0 Å². The predicted molar refractivity (Wildman–Crippen MR) is 77.9 cm³/mol. The summed E-state index contributed by atoms with van der Waals surface area (Å²) in [4.78, 5) is 16.0. The average Bonchev–Trinajstić information content (AvgIpc) is 2.94. The maximum Gasteiger partial charge on any atom is 0.273 e. The predicted octanol–water partition coefficient (Wildman–Crippen LogP) is 2.72. The molecule has 0 radical (unpaired) electrons. The highest BCUT2D eigenvalue weighted by molar-refractivity contribution is 7.99. The lowest BCUT2D eigenvalue weighted by Crippen LogP contribution is -2.25. The SMILES string of the molecule is CC(C)c1cc(C(=O)NCCSc2ccccn2)no1. The first-order chi connectivity index (χ1) is 9.66. The van der Waals surface area contributed by atoms with E-state index in [1.165, 1.54) is 0 Å². The van der Waals surface area contributed by atoms with E-state index in [2.05, 4.69) is 15.5 Å². The van der Waals surface area contributed by atoms with Crippen molar-refractivity contribution >= 4 is 17.7 Å². The van der Waals surface area contributed by atoms with E-state index in [9.17, 15) is 4.79 Å². The first-order valence-corrected chi connectivity index (χ1v) is 7.44. The number of rotatable bonds is 6. The monoisotopic (exact) mass is 291 g/mol. The molecule has 0 spiro atoms. The lowest BCUT2D eigenvalue weighted by Gasteiger charge is -2.02. The highest BCUT2D eigenvalue weighted by Crippen LogP contribution is 2.15. The van der Waals surface area contributed by atoms with Gasteiger partial charge in [-0.05, 0) is 12.1 Å². The lowest BCUT2D eigenvalue weighted by molar-refractivity contribution is 0.0947. The Morgan fingerprint density at radius 3 is 2.95 bits per heavy atom.